The van der Waals surface area contributed by atoms with E-state index in [4.69, 9.17) is 4.74 Å². The lowest BCUT2D eigenvalue weighted by Crippen LogP contribution is -2.29. The summed E-state index contributed by atoms with van der Waals surface area (Å²) in [7, 11) is 0. The second-order valence-electron chi connectivity index (χ2n) is 4.05. The van der Waals surface area contributed by atoms with Gasteiger partial charge in [0.2, 0.25) is 0 Å². The van der Waals surface area contributed by atoms with Crippen LogP contribution < -0.4 is 10.1 Å². The van der Waals surface area contributed by atoms with Crippen LogP contribution in [0.4, 0.5) is 4.39 Å². The van der Waals surface area contributed by atoms with Gasteiger partial charge >= 0.3 is 0 Å². The highest BCUT2D eigenvalue weighted by molar-refractivity contribution is 5.29. The number of rotatable bonds is 6. The molecule has 0 radical (unpaired) electrons. The predicted molar refractivity (Wildman–Crippen MR) is 64.4 cm³/mol. The Morgan fingerprint density at radius 3 is 2.88 bits per heavy atom. The highest BCUT2D eigenvalue weighted by Crippen LogP contribution is 2.17. The molecule has 1 rings (SSSR count). The molecule has 0 aromatic heterocycles. The van der Waals surface area contributed by atoms with Crippen LogP contribution in [0.5, 0.6) is 5.75 Å². The molecule has 2 nitrogen and oxygen atoms in total. The van der Waals surface area contributed by atoms with Crippen molar-refractivity contribution in [2.75, 3.05) is 13.2 Å². The maximum absolute atomic E-state index is 13.3. The maximum atomic E-state index is 13.3. The van der Waals surface area contributed by atoms with Crippen LogP contribution in [0.15, 0.2) is 18.2 Å². The van der Waals surface area contributed by atoms with Crippen LogP contribution in [0.3, 0.4) is 0 Å². The molecule has 0 amide bonds. The second kappa shape index (κ2) is 6.48. The van der Waals surface area contributed by atoms with Gasteiger partial charge in [-0.3, -0.25) is 0 Å². The summed E-state index contributed by atoms with van der Waals surface area (Å²) >= 11 is 0. The SMILES string of the molecule is CCC(C)NCCOc1cc(C)ccc1F. The van der Waals surface area contributed by atoms with Crippen molar-refractivity contribution in [3.05, 3.63) is 29.6 Å². The van der Waals surface area contributed by atoms with E-state index in [1.54, 1.807) is 12.1 Å². The number of hydrogen-bond donors (Lipinski definition) is 1. The maximum Gasteiger partial charge on any atom is 0.165 e. The molecule has 0 aliphatic heterocycles. The largest absolute Gasteiger partial charge is 0.489 e. The van der Waals surface area contributed by atoms with E-state index in [-0.39, 0.29) is 5.82 Å². The van der Waals surface area contributed by atoms with E-state index in [9.17, 15) is 4.39 Å². The van der Waals surface area contributed by atoms with Crippen molar-refractivity contribution < 1.29 is 9.13 Å². The van der Waals surface area contributed by atoms with Gasteiger partial charge in [-0.2, -0.15) is 0 Å². The van der Waals surface area contributed by atoms with Gasteiger partial charge < -0.3 is 10.1 Å². The molecule has 90 valence electrons. The Kier molecular flexibility index (Phi) is 5.26. The summed E-state index contributed by atoms with van der Waals surface area (Å²) in [4.78, 5) is 0. The van der Waals surface area contributed by atoms with E-state index in [1.165, 1.54) is 6.07 Å². The number of aryl methyl sites for hydroxylation is 1. The van der Waals surface area contributed by atoms with Crippen molar-refractivity contribution in [2.24, 2.45) is 0 Å². The molecule has 0 heterocycles. The van der Waals surface area contributed by atoms with Crippen LogP contribution in [0, 0.1) is 12.7 Å². The summed E-state index contributed by atoms with van der Waals surface area (Å²) in [5.74, 6) is 0.0418. The first kappa shape index (κ1) is 13.0. The van der Waals surface area contributed by atoms with Crippen LogP contribution in [0.25, 0.3) is 0 Å². The van der Waals surface area contributed by atoms with Crippen LogP contribution in [-0.4, -0.2) is 19.2 Å². The van der Waals surface area contributed by atoms with E-state index < -0.39 is 0 Å². The topological polar surface area (TPSA) is 21.3 Å². The van der Waals surface area contributed by atoms with Gasteiger partial charge in [-0.05, 0) is 38.0 Å². The molecule has 1 aromatic rings. The zero-order valence-corrected chi connectivity index (χ0v) is 10.2. The van der Waals surface area contributed by atoms with Gasteiger partial charge in [0, 0.05) is 12.6 Å². The van der Waals surface area contributed by atoms with Crippen molar-refractivity contribution >= 4 is 0 Å². The first-order valence-electron chi connectivity index (χ1n) is 5.75. The van der Waals surface area contributed by atoms with Crippen LogP contribution in [-0.2, 0) is 0 Å². The Morgan fingerprint density at radius 1 is 1.44 bits per heavy atom. The van der Waals surface area contributed by atoms with Gasteiger partial charge in [0.05, 0.1) is 0 Å². The normalized spacial score (nSPS) is 12.5. The Hall–Kier alpha value is -1.09. The molecular formula is C13H20FNO. The molecule has 1 N–H and O–H groups in total. The number of benzene rings is 1. The minimum absolute atomic E-state index is 0.297. The number of nitrogens with one attached hydrogen (secondary N) is 1. The van der Waals surface area contributed by atoms with Gasteiger partial charge in [-0.1, -0.05) is 13.0 Å². The fourth-order valence-electron chi connectivity index (χ4n) is 1.33. The molecule has 3 heteroatoms. The minimum Gasteiger partial charge on any atom is -0.489 e. The third-order valence-corrected chi connectivity index (χ3v) is 2.55. The molecular weight excluding hydrogens is 205 g/mol. The van der Waals surface area contributed by atoms with E-state index in [0.29, 0.717) is 18.4 Å². The highest BCUT2D eigenvalue weighted by atomic mass is 19.1. The van der Waals surface area contributed by atoms with Crippen molar-refractivity contribution in [2.45, 2.75) is 33.2 Å². The Morgan fingerprint density at radius 2 is 2.19 bits per heavy atom. The molecule has 1 aromatic carbocycles. The van der Waals surface area contributed by atoms with Crippen molar-refractivity contribution in [3.8, 4) is 5.75 Å². The second-order valence-corrected chi connectivity index (χ2v) is 4.05. The molecule has 16 heavy (non-hydrogen) atoms. The first-order chi connectivity index (χ1) is 7.63. The average molecular weight is 225 g/mol. The fourth-order valence-corrected chi connectivity index (χ4v) is 1.33. The van der Waals surface area contributed by atoms with Gasteiger partial charge in [0.1, 0.15) is 6.61 Å². The quantitative estimate of drug-likeness (QED) is 0.752. The summed E-state index contributed by atoms with van der Waals surface area (Å²) < 4.78 is 18.7. The van der Waals surface area contributed by atoms with E-state index in [1.807, 2.05) is 6.92 Å². The molecule has 0 aliphatic carbocycles. The van der Waals surface area contributed by atoms with Crippen LogP contribution >= 0.6 is 0 Å². The van der Waals surface area contributed by atoms with E-state index >= 15 is 0 Å². The van der Waals surface area contributed by atoms with Gasteiger partial charge in [0.15, 0.2) is 11.6 Å². The highest BCUT2D eigenvalue weighted by Gasteiger charge is 2.03. The number of hydrogen-bond acceptors (Lipinski definition) is 2. The van der Waals surface area contributed by atoms with Crippen LogP contribution in [0.2, 0.25) is 0 Å². The summed E-state index contributed by atoms with van der Waals surface area (Å²) in [5, 5.41) is 3.29. The predicted octanol–water partition coefficient (Wildman–Crippen LogP) is 2.90. The van der Waals surface area contributed by atoms with Gasteiger partial charge in [-0.25, -0.2) is 4.39 Å². The molecule has 1 unspecified atom stereocenters. The van der Waals surface area contributed by atoms with Gasteiger partial charge in [0.25, 0.3) is 0 Å². The van der Waals surface area contributed by atoms with E-state index in [0.717, 1.165) is 18.5 Å². The Labute approximate surface area is 96.8 Å². The monoisotopic (exact) mass is 225 g/mol. The molecule has 1 atom stereocenters. The molecule has 0 bridgehead atoms. The summed E-state index contributed by atoms with van der Waals surface area (Å²) in [5.41, 5.74) is 1.01. The Bertz CT molecular complexity index is 328. The average Bonchev–Trinajstić information content (AvgIpc) is 2.28. The molecule has 0 spiro atoms. The summed E-state index contributed by atoms with van der Waals surface area (Å²) in [6, 6.07) is 5.37. The first-order valence-corrected chi connectivity index (χ1v) is 5.75. The van der Waals surface area contributed by atoms with Crippen molar-refractivity contribution in [1.82, 2.24) is 5.32 Å². The third kappa shape index (κ3) is 4.19. The molecule has 0 saturated carbocycles. The molecule has 0 fully saturated rings. The number of ether oxygens (including phenoxy) is 1. The smallest absolute Gasteiger partial charge is 0.165 e. The third-order valence-electron chi connectivity index (χ3n) is 2.55. The van der Waals surface area contributed by atoms with E-state index in [2.05, 4.69) is 19.2 Å². The zero-order valence-electron chi connectivity index (χ0n) is 10.2. The minimum atomic E-state index is -0.297. The standard InChI is InChI=1S/C13H20FNO/c1-4-11(3)15-7-8-16-13-9-10(2)5-6-12(13)14/h5-6,9,11,15H,4,7-8H2,1-3H3. The lowest BCUT2D eigenvalue weighted by atomic mass is 10.2. The lowest BCUT2D eigenvalue weighted by molar-refractivity contribution is 0.292. The molecule has 0 saturated heterocycles. The number of halogens is 1. The van der Waals surface area contributed by atoms with Crippen LogP contribution in [0.1, 0.15) is 25.8 Å². The lowest BCUT2D eigenvalue weighted by Gasteiger charge is -2.12. The Balaban J connectivity index is 2.34. The molecule has 0 aliphatic rings. The summed E-state index contributed by atoms with van der Waals surface area (Å²) in [6.45, 7) is 7.39. The summed E-state index contributed by atoms with van der Waals surface area (Å²) in [6.07, 6.45) is 1.08. The fraction of sp³-hybridized carbons (Fsp3) is 0.538. The van der Waals surface area contributed by atoms with Gasteiger partial charge in [-0.15, -0.1) is 0 Å². The van der Waals surface area contributed by atoms with Crippen molar-refractivity contribution in [1.29, 1.82) is 0 Å². The van der Waals surface area contributed by atoms with Crippen molar-refractivity contribution in [3.63, 3.8) is 0 Å². The zero-order chi connectivity index (χ0) is 12.0.